The van der Waals surface area contributed by atoms with E-state index in [9.17, 15) is 4.79 Å². The van der Waals surface area contributed by atoms with Crippen molar-refractivity contribution in [1.82, 2.24) is 5.43 Å². The molecule has 120 valence electrons. The number of hydrogen-bond donors (Lipinski definition) is 1. The molecular formula is C19H15BrN2O2. The summed E-state index contributed by atoms with van der Waals surface area (Å²) in [7, 11) is 0. The maximum Gasteiger partial charge on any atom is 0.277 e. The van der Waals surface area contributed by atoms with E-state index >= 15 is 0 Å². The quantitative estimate of drug-likeness (QED) is 0.532. The molecule has 5 heteroatoms. The Morgan fingerprint density at radius 2 is 1.88 bits per heavy atom. The summed E-state index contributed by atoms with van der Waals surface area (Å²) in [4.78, 5) is 11.7. The molecule has 0 aliphatic heterocycles. The van der Waals surface area contributed by atoms with Gasteiger partial charge < -0.3 is 4.74 Å². The zero-order valence-corrected chi connectivity index (χ0v) is 14.4. The molecule has 0 spiro atoms. The second-order valence-electron chi connectivity index (χ2n) is 5.15. The Morgan fingerprint density at radius 3 is 2.71 bits per heavy atom. The van der Waals surface area contributed by atoms with Gasteiger partial charge in [-0.3, -0.25) is 4.79 Å². The number of hydrazone groups is 1. The number of carbonyl (C=O) groups is 1. The predicted octanol–water partition coefficient (Wildman–Crippen LogP) is 4.13. The van der Waals surface area contributed by atoms with Crippen LogP contribution in [0.2, 0.25) is 0 Å². The molecule has 0 aliphatic rings. The van der Waals surface area contributed by atoms with Gasteiger partial charge in [0.1, 0.15) is 5.75 Å². The molecule has 0 bridgehead atoms. The Labute approximate surface area is 148 Å². The lowest BCUT2D eigenvalue weighted by atomic mass is 10.1. The topological polar surface area (TPSA) is 50.7 Å². The number of hydrogen-bond acceptors (Lipinski definition) is 3. The molecule has 0 unspecified atom stereocenters. The van der Waals surface area contributed by atoms with E-state index in [1.807, 2.05) is 48.5 Å². The molecule has 0 radical (unpaired) electrons. The number of fused-ring (bicyclic) bond motifs is 1. The molecule has 24 heavy (non-hydrogen) atoms. The van der Waals surface area contributed by atoms with E-state index in [0.29, 0.717) is 5.75 Å². The summed E-state index contributed by atoms with van der Waals surface area (Å²) < 4.78 is 6.29. The summed E-state index contributed by atoms with van der Waals surface area (Å²) in [6, 6.07) is 21.4. The normalized spacial score (nSPS) is 10.9. The summed E-state index contributed by atoms with van der Waals surface area (Å²) >= 11 is 3.35. The molecule has 0 saturated heterocycles. The van der Waals surface area contributed by atoms with Crippen molar-refractivity contribution in [3.8, 4) is 5.75 Å². The lowest BCUT2D eigenvalue weighted by Gasteiger charge is -2.05. The van der Waals surface area contributed by atoms with Gasteiger partial charge in [-0.25, -0.2) is 5.43 Å². The molecule has 3 aromatic rings. The van der Waals surface area contributed by atoms with Gasteiger partial charge in [-0.05, 0) is 40.6 Å². The van der Waals surface area contributed by atoms with Crippen LogP contribution in [0.1, 0.15) is 5.56 Å². The van der Waals surface area contributed by atoms with Gasteiger partial charge in [-0.2, -0.15) is 5.10 Å². The van der Waals surface area contributed by atoms with Crippen LogP contribution < -0.4 is 10.2 Å². The third kappa shape index (κ3) is 4.43. The summed E-state index contributed by atoms with van der Waals surface area (Å²) in [6.45, 7) is -0.0918. The highest BCUT2D eigenvalue weighted by Crippen LogP contribution is 2.17. The Kier molecular flexibility index (Phi) is 5.23. The fourth-order valence-corrected chi connectivity index (χ4v) is 2.58. The van der Waals surface area contributed by atoms with Gasteiger partial charge in [0.05, 0.1) is 6.21 Å². The van der Waals surface area contributed by atoms with Crippen molar-refractivity contribution in [1.29, 1.82) is 0 Å². The minimum atomic E-state index is -0.313. The van der Waals surface area contributed by atoms with Gasteiger partial charge >= 0.3 is 0 Å². The molecule has 1 amide bonds. The van der Waals surface area contributed by atoms with Crippen LogP contribution in [0.25, 0.3) is 10.8 Å². The van der Waals surface area contributed by atoms with E-state index in [0.717, 1.165) is 15.4 Å². The minimum Gasteiger partial charge on any atom is -0.484 e. The van der Waals surface area contributed by atoms with Crippen molar-refractivity contribution < 1.29 is 9.53 Å². The van der Waals surface area contributed by atoms with Crippen molar-refractivity contribution in [3.05, 3.63) is 76.8 Å². The SMILES string of the molecule is O=C(COc1cccc(Br)c1)N/N=C/c1ccc2ccccc2c1. The first-order valence-electron chi connectivity index (χ1n) is 7.40. The van der Waals surface area contributed by atoms with E-state index in [-0.39, 0.29) is 12.5 Å². The fourth-order valence-electron chi connectivity index (χ4n) is 2.20. The average Bonchev–Trinajstić information content (AvgIpc) is 2.60. The number of benzene rings is 3. The molecular weight excluding hydrogens is 368 g/mol. The number of amides is 1. The van der Waals surface area contributed by atoms with Crippen LogP contribution in [0.15, 0.2) is 76.3 Å². The molecule has 0 fully saturated rings. The highest BCUT2D eigenvalue weighted by molar-refractivity contribution is 9.10. The first-order chi connectivity index (χ1) is 11.7. The van der Waals surface area contributed by atoms with Crippen LogP contribution in [0, 0.1) is 0 Å². The molecule has 3 rings (SSSR count). The smallest absolute Gasteiger partial charge is 0.277 e. The van der Waals surface area contributed by atoms with Crippen molar-refractivity contribution in [2.75, 3.05) is 6.61 Å². The van der Waals surface area contributed by atoms with Crippen LogP contribution in [-0.4, -0.2) is 18.7 Å². The number of ether oxygens (including phenoxy) is 1. The van der Waals surface area contributed by atoms with Crippen LogP contribution in [0.4, 0.5) is 0 Å². The van der Waals surface area contributed by atoms with Crippen molar-refractivity contribution >= 4 is 38.8 Å². The Morgan fingerprint density at radius 1 is 1.04 bits per heavy atom. The molecule has 0 aromatic heterocycles. The van der Waals surface area contributed by atoms with Gasteiger partial charge in [0, 0.05) is 4.47 Å². The molecule has 0 saturated carbocycles. The molecule has 1 N–H and O–H groups in total. The lowest BCUT2D eigenvalue weighted by molar-refractivity contribution is -0.123. The van der Waals surface area contributed by atoms with Crippen LogP contribution in [0.5, 0.6) is 5.75 Å². The number of rotatable bonds is 5. The van der Waals surface area contributed by atoms with Gasteiger partial charge in [0.25, 0.3) is 5.91 Å². The van der Waals surface area contributed by atoms with E-state index in [2.05, 4.69) is 32.5 Å². The second-order valence-corrected chi connectivity index (χ2v) is 6.06. The van der Waals surface area contributed by atoms with Crippen LogP contribution >= 0.6 is 15.9 Å². The zero-order chi connectivity index (χ0) is 16.8. The average molecular weight is 383 g/mol. The third-order valence-corrected chi connectivity index (χ3v) is 3.84. The van der Waals surface area contributed by atoms with E-state index in [4.69, 9.17) is 4.74 Å². The number of halogens is 1. The Hall–Kier alpha value is -2.66. The maximum atomic E-state index is 11.7. The monoisotopic (exact) mass is 382 g/mol. The molecule has 3 aromatic carbocycles. The van der Waals surface area contributed by atoms with Crippen molar-refractivity contribution in [3.63, 3.8) is 0 Å². The van der Waals surface area contributed by atoms with Gasteiger partial charge in [0.2, 0.25) is 0 Å². The lowest BCUT2D eigenvalue weighted by Crippen LogP contribution is -2.24. The fraction of sp³-hybridized carbons (Fsp3) is 0.0526. The van der Waals surface area contributed by atoms with E-state index < -0.39 is 0 Å². The highest BCUT2D eigenvalue weighted by atomic mass is 79.9. The number of nitrogens with one attached hydrogen (secondary N) is 1. The van der Waals surface area contributed by atoms with E-state index in [1.54, 1.807) is 18.3 Å². The van der Waals surface area contributed by atoms with Crippen molar-refractivity contribution in [2.45, 2.75) is 0 Å². The minimum absolute atomic E-state index is 0.0918. The number of carbonyl (C=O) groups excluding carboxylic acids is 1. The summed E-state index contributed by atoms with van der Waals surface area (Å²) in [5.41, 5.74) is 3.38. The number of nitrogens with zero attached hydrogens (tertiary/aromatic N) is 1. The molecule has 0 heterocycles. The summed E-state index contributed by atoms with van der Waals surface area (Å²) in [6.07, 6.45) is 1.61. The summed E-state index contributed by atoms with van der Waals surface area (Å²) in [5, 5.41) is 6.26. The van der Waals surface area contributed by atoms with Crippen LogP contribution in [-0.2, 0) is 4.79 Å². The standard InChI is InChI=1S/C19H15BrN2O2/c20-17-6-3-7-18(11-17)24-13-19(23)22-21-12-14-8-9-15-4-1-2-5-16(15)10-14/h1-12H,13H2,(H,22,23)/b21-12+. The Balaban J connectivity index is 1.54. The van der Waals surface area contributed by atoms with Gasteiger partial charge in [-0.1, -0.05) is 58.4 Å². The molecule has 0 atom stereocenters. The first-order valence-corrected chi connectivity index (χ1v) is 8.19. The van der Waals surface area contributed by atoms with E-state index in [1.165, 1.54) is 5.39 Å². The summed E-state index contributed by atoms with van der Waals surface area (Å²) in [5.74, 6) is 0.310. The Bertz CT molecular complexity index is 893. The van der Waals surface area contributed by atoms with Gasteiger partial charge in [-0.15, -0.1) is 0 Å². The third-order valence-electron chi connectivity index (χ3n) is 3.34. The second kappa shape index (κ2) is 7.75. The zero-order valence-electron chi connectivity index (χ0n) is 12.8. The molecule has 0 aliphatic carbocycles. The van der Waals surface area contributed by atoms with Crippen LogP contribution in [0.3, 0.4) is 0 Å². The van der Waals surface area contributed by atoms with Crippen molar-refractivity contribution in [2.24, 2.45) is 5.10 Å². The van der Waals surface area contributed by atoms with Gasteiger partial charge in [0.15, 0.2) is 6.61 Å². The predicted molar refractivity (Wildman–Crippen MR) is 99.3 cm³/mol. The maximum absolute atomic E-state index is 11.7. The molecule has 4 nitrogen and oxygen atoms in total. The largest absolute Gasteiger partial charge is 0.484 e. The highest BCUT2D eigenvalue weighted by Gasteiger charge is 2.01. The first kappa shape index (κ1) is 16.2.